The van der Waals surface area contributed by atoms with E-state index in [0.29, 0.717) is 16.9 Å². The summed E-state index contributed by atoms with van der Waals surface area (Å²) in [6.07, 6.45) is 4.25. The molecular formula is C14H19NO4S2. The Morgan fingerprint density at radius 1 is 1.48 bits per heavy atom. The zero-order chi connectivity index (χ0) is 16.0. The Morgan fingerprint density at radius 3 is 2.71 bits per heavy atom. The van der Waals surface area contributed by atoms with Crippen LogP contribution in [0.1, 0.15) is 18.1 Å². The molecule has 0 aliphatic rings. The second-order valence-electron chi connectivity index (χ2n) is 4.67. The molecule has 0 saturated carbocycles. The van der Waals surface area contributed by atoms with Crippen LogP contribution in [0.5, 0.6) is 0 Å². The van der Waals surface area contributed by atoms with Gasteiger partial charge in [-0.25, -0.2) is 17.9 Å². The van der Waals surface area contributed by atoms with E-state index in [-0.39, 0.29) is 10.9 Å². The van der Waals surface area contributed by atoms with Crippen LogP contribution in [-0.2, 0) is 14.8 Å². The van der Waals surface area contributed by atoms with Gasteiger partial charge >= 0.3 is 5.97 Å². The van der Waals surface area contributed by atoms with Gasteiger partial charge in [0, 0.05) is 17.9 Å². The van der Waals surface area contributed by atoms with Crippen LogP contribution in [-0.4, -0.2) is 37.5 Å². The van der Waals surface area contributed by atoms with Gasteiger partial charge in [0.15, 0.2) is 0 Å². The number of carboxylic acid groups (broad SMARTS) is 1. The molecule has 1 atom stereocenters. The fourth-order valence-corrected chi connectivity index (χ4v) is 4.00. The average molecular weight is 329 g/mol. The van der Waals surface area contributed by atoms with Gasteiger partial charge in [0.05, 0.1) is 4.90 Å². The highest BCUT2D eigenvalue weighted by molar-refractivity contribution is 7.98. The van der Waals surface area contributed by atoms with Crippen molar-refractivity contribution in [3.63, 3.8) is 0 Å². The van der Waals surface area contributed by atoms with Gasteiger partial charge in [0.25, 0.3) is 0 Å². The normalized spacial score (nSPS) is 13.5. The van der Waals surface area contributed by atoms with Crippen molar-refractivity contribution in [3.05, 3.63) is 35.4 Å². The van der Waals surface area contributed by atoms with Crippen LogP contribution < -0.4 is 4.72 Å². The third-order valence-corrected chi connectivity index (χ3v) is 5.26. The molecule has 21 heavy (non-hydrogen) atoms. The summed E-state index contributed by atoms with van der Waals surface area (Å²) in [5.74, 6) is -0.400. The molecule has 0 aromatic heterocycles. The molecule has 0 bridgehead atoms. The van der Waals surface area contributed by atoms with Crippen molar-refractivity contribution in [1.29, 1.82) is 0 Å². The number of hydrogen-bond acceptors (Lipinski definition) is 4. The third-order valence-electron chi connectivity index (χ3n) is 2.69. The predicted molar refractivity (Wildman–Crippen MR) is 86.0 cm³/mol. The molecule has 1 aromatic rings. The minimum Gasteiger partial charge on any atom is -0.478 e. The summed E-state index contributed by atoms with van der Waals surface area (Å²) in [5.41, 5.74) is 1.15. The molecule has 0 amide bonds. The summed E-state index contributed by atoms with van der Waals surface area (Å²) in [6.45, 7) is 3.51. The topological polar surface area (TPSA) is 83.5 Å². The van der Waals surface area contributed by atoms with E-state index in [0.717, 1.165) is 6.08 Å². The lowest BCUT2D eigenvalue weighted by atomic mass is 10.1. The number of carboxylic acids is 1. The van der Waals surface area contributed by atoms with Gasteiger partial charge in [-0.2, -0.15) is 11.8 Å². The Labute approximate surface area is 129 Å². The molecule has 0 spiro atoms. The number of aliphatic carboxylic acids is 1. The van der Waals surface area contributed by atoms with Gasteiger partial charge in [-0.1, -0.05) is 12.1 Å². The molecule has 0 fully saturated rings. The Balaban J connectivity index is 3.10. The number of rotatable bonds is 7. The van der Waals surface area contributed by atoms with E-state index >= 15 is 0 Å². The standard InChI is InChI=1S/C14H19NO4S2/c1-10-4-5-12(6-7-14(16)17)8-13(10)21(18,19)15-11(2)9-20-3/h4-8,11,15H,9H2,1-3H3,(H,16,17)/b7-6+. The minimum atomic E-state index is -3.62. The summed E-state index contributed by atoms with van der Waals surface area (Å²) in [6, 6.07) is 4.64. The van der Waals surface area contributed by atoms with Gasteiger partial charge in [0.1, 0.15) is 0 Å². The van der Waals surface area contributed by atoms with Crippen molar-refractivity contribution < 1.29 is 18.3 Å². The monoisotopic (exact) mass is 329 g/mol. The Bertz CT molecular complexity index is 638. The summed E-state index contributed by atoms with van der Waals surface area (Å²) in [7, 11) is -3.62. The average Bonchev–Trinajstić information content (AvgIpc) is 2.37. The number of thioether (sulfide) groups is 1. The third kappa shape index (κ3) is 5.53. The first-order valence-electron chi connectivity index (χ1n) is 6.29. The molecule has 0 radical (unpaired) electrons. The molecular weight excluding hydrogens is 310 g/mol. The van der Waals surface area contributed by atoms with Crippen LogP contribution in [0.25, 0.3) is 6.08 Å². The molecule has 7 heteroatoms. The first-order chi connectivity index (χ1) is 9.76. The van der Waals surface area contributed by atoms with Crippen molar-refractivity contribution in [2.75, 3.05) is 12.0 Å². The van der Waals surface area contributed by atoms with Gasteiger partial charge in [-0.3, -0.25) is 0 Å². The molecule has 2 N–H and O–H groups in total. The van der Waals surface area contributed by atoms with Crippen LogP contribution in [0.3, 0.4) is 0 Å². The van der Waals surface area contributed by atoms with Crippen LogP contribution in [0.2, 0.25) is 0 Å². The Hall–Kier alpha value is -1.31. The van der Waals surface area contributed by atoms with Gasteiger partial charge in [-0.05, 0) is 43.4 Å². The lowest BCUT2D eigenvalue weighted by Gasteiger charge is -2.15. The van der Waals surface area contributed by atoms with Crippen LogP contribution in [0.15, 0.2) is 29.2 Å². The minimum absolute atomic E-state index is 0.169. The first-order valence-corrected chi connectivity index (χ1v) is 9.17. The second kappa shape index (κ2) is 7.63. The predicted octanol–water partition coefficient (Wildman–Crippen LogP) is 2.12. The number of aryl methyl sites for hydroxylation is 1. The van der Waals surface area contributed by atoms with E-state index in [1.165, 1.54) is 12.1 Å². The molecule has 0 heterocycles. The maximum atomic E-state index is 12.4. The number of carbonyl (C=O) groups is 1. The molecule has 0 aliphatic heterocycles. The van der Waals surface area contributed by atoms with E-state index in [1.54, 1.807) is 37.7 Å². The SMILES string of the molecule is CSCC(C)NS(=O)(=O)c1cc(/C=C/C(=O)O)ccc1C. The smallest absolute Gasteiger partial charge is 0.328 e. The van der Waals surface area contributed by atoms with Crippen molar-refractivity contribution >= 4 is 33.8 Å². The fraction of sp³-hybridized carbons (Fsp3) is 0.357. The maximum Gasteiger partial charge on any atom is 0.328 e. The molecule has 0 aliphatic carbocycles. The van der Waals surface area contributed by atoms with Crippen molar-refractivity contribution in [3.8, 4) is 0 Å². The summed E-state index contributed by atoms with van der Waals surface area (Å²) in [5, 5.41) is 8.62. The Morgan fingerprint density at radius 2 is 2.14 bits per heavy atom. The van der Waals surface area contributed by atoms with E-state index in [4.69, 9.17) is 5.11 Å². The van der Waals surface area contributed by atoms with Gasteiger partial charge in [0.2, 0.25) is 10.0 Å². The molecule has 1 unspecified atom stereocenters. The number of hydrogen-bond donors (Lipinski definition) is 2. The summed E-state index contributed by atoms with van der Waals surface area (Å²) >= 11 is 1.56. The number of benzene rings is 1. The zero-order valence-electron chi connectivity index (χ0n) is 12.2. The molecule has 0 saturated heterocycles. The Kier molecular flexibility index (Phi) is 6.44. The highest BCUT2D eigenvalue weighted by atomic mass is 32.2. The van der Waals surface area contributed by atoms with Crippen molar-refractivity contribution in [1.82, 2.24) is 4.72 Å². The summed E-state index contributed by atoms with van der Waals surface area (Å²) < 4.78 is 27.4. The summed E-state index contributed by atoms with van der Waals surface area (Å²) in [4.78, 5) is 10.7. The number of nitrogens with one attached hydrogen (secondary N) is 1. The zero-order valence-corrected chi connectivity index (χ0v) is 13.8. The first kappa shape index (κ1) is 17.7. The highest BCUT2D eigenvalue weighted by Gasteiger charge is 2.19. The van der Waals surface area contributed by atoms with Crippen molar-refractivity contribution in [2.24, 2.45) is 0 Å². The molecule has 116 valence electrons. The van der Waals surface area contributed by atoms with Gasteiger partial charge in [-0.15, -0.1) is 0 Å². The van der Waals surface area contributed by atoms with E-state index < -0.39 is 16.0 Å². The van der Waals surface area contributed by atoms with Crippen LogP contribution in [0.4, 0.5) is 0 Å². The molecule has 5 nitrogen and oxygen atoms in total. The van der Waals surface area contributed by atoms with Crippen molar-refractivity contribution in [2.45, 2.75) is 24.8 Å². The van der Waals surface area contributed by atoms with E-state index in [9.17, 15) is 13.2 Å². The van der Waals surface area contributed by atoms with Crippen LogP contribution in [0, 0.1) is 6.92 Å². The number of sulfonamides is 1. The fourth-order valence-electron chi connectivity index (χ4n) is 1.79. The van der Waals surface area contributed by atoms with Gasteiger partial charge < -0.3 is 5.11 Å². The van der Waals surface area contributed by atoms with E-state index in [1.807, 2.05) is 6.26 Å². The van der Waals surface area contributed by atoms with Crippen LogP contribution >= 0.6 is 11.8 Å². The maximum absolute atomic E-state index is 12.4. The van der Waals surface area contributed by atoms with E-state index in [2.05, 4.69) is 4.72 Å². The lowest BCUT2D eigenvalue weighted by molar-refractivity contribution is -0.131. The largest absolute Gasteiger partial charge is 0.478 e. The molecule has 1 aromatic carbocycles. The second-order valence-corrected chi connectivity index (χ2v) is 7.27. The highest BCUT2D eigenvalue weighted by Crippen LogP contribution is 2.18. The quantitative estimate of drug-likeness (QED) is 0.749. The molecule has 1 rings (SSSR count). The lowest BCUT2D eigenvalue weighted by Crippen LogP contribution is -2.34.